The van der Waals surface area contributed by atoms with Crippen molar-refractivity contribution in [3.63, 3.8) is 0 Å². The van der Waals surface area contributed by atoms with Crippen molar-refractivity contribution in [2.45, 2.75) is 79.3 Å². The van der Waals surface area contributed by atoms with Gasteiger partial charge in [-0.15, -0.1) is 0 Å². The van der Waals surface area contributed by atoms with E-state index in [9.17, 15) is 5.26 Å². The quantitative estimate of drug-likeness (QED) is 0.733. The van der Waals surface area contributed by atoms with E-state index < -0.39 is 0 Å². The minimum Gasteiger partial charge on any atom is -0.297 e. The lowest BCUT2D eigenvalue weighted by molar-refractivity contribution is 0.0386. The molecule has 19 heavy (non-hydrogen) atoms. The van der Waals surface area contributed by atoms with Crippen LogP contribution in [0.15, 0.2) is 0 Å². The highest BCUT2D eigenvalue weighted by Crippen LogP contribution is 2.43. The molecule has 0 spiro atoms. The van der Waals surface area contributed by atoms with Crippen molar-refractivity contribution in [3.8, 4) is 6.07 Å². The highest BCUT2D eigenvalue weighted by atomic mass is 15.2. The molecule has 2 heteroatoms. The summed E-state index contributed by atoms with van der Waals surface area (Å²) < 4.78 is 0. The van der Waals surface area contributed by atoms with E-state index in [1.54, 1.807) is 0 Å². The number of rotatable bonds is 5. The molecule has 0 amide bonds. The molecule has 0 saturated heterocycles. The summed E-state index contributed by atoms with van der Waals surface area (Å²) in [5, 5.41) is 9.46. The predicted molar refractivity (Wildman–Crippen MR) is 81.8 cm³/mol. The number of hydrogen-bond donors (Lipinski definition) is 0. The molecule has 1 fully saturated rings. The molecule has 0 heterocycles. The molecule has 0 aromatic heterocycles. The van der Waals surface area contributed by atoms with Gasteiger partial charge in [0.25, 0.3) is 0 Å². The van der Waals surface area contributed by atoms with Crippen molar-refractivity contribution in [3.05, 3.63) is 0 Å². The Morgan fingerprint density at radius 1 is 1.26 bits per heavy atom. The lowest BCUT2D eigenvalue weighted by atomic mass is 9.66. The average molecular weight is 264 g/mol. The summed E-state index contributed by atoms with van der Waals surface area (Å²) in [6.07, 6.45) is 4.74. The minimum absolute atomic E-state index is 0.228. The van der Waals surface area contributed by atoms with Crippen LogP contribution in [0.25, 0.3) is 0 Å². The van der Waals surface area contributed by atoms with E-state index in [0.29, 0.717) is 17.5 Å². The molecule has 2 nitrogen and oxygen atoms in total. The highest BCUT2D eigenvalue weighted by molar-refractivity contribution is 5.00. The molecule has 0 bridgehead atoms. The zero-order valence-electron chi connectivity index (χ0n) is 13.7. The third-order valence-corrected chi connectivity index (χ3v) is 5.45. The fourth-order valence-electron chi connectivity index (χ4n) is 3.64. The van der Waals surface area contributed by atoms with Gasteiger partial charge in [0.05, 0.1) is 12.0 Å². The van der Waals surface area contributed by atoms with E-state index in [4.69, 9.17) is 0 Å². The molecular formula is C17H32N2. The van der Waals surface area contributed by atoms with E-state index in [2.05, 4.69) is 52.5 Å². The Labute approximate surface area is 120 Å². The molecule has 3 unspecified atom stereocenters. The SMILES string of the molecule is CCN(C(C)C)C1CC(C(C)(C)CC)CCC1C#N. The molecule has 0 radical (unpaired) electrons. The molecule has 0 aliphatic heterocycles. The Morgan fingerprint density at radius 3 is 2.32 bits per heavy atom. The minimum atomic E-state index is 0.228. The average Bonchev–Trinajstić information content (AvgIpc) is 2.39. The van der Waals surface area contributed by atoms with Crippen LogP contribution in [0.5, 0.6) is 0 Å². The maximum Gasteiger partial charge on any atom is 0.0672 e. The maximum absolute atomic E-state index is 9.46. The number of hydrogen-bond acceptors (Lipinski definition) is 2. The molecule has 0 N–H and O–H groups in total. The largest absolute Gasteiger partial charge is 0.297 e. The standard InChI is InChI=1S/C17H32N2/c1-7-17(5,6)15-10-9-14(12-18)16(11-15)19(8-2)13(3)4/h13-16H,7-11H2,1-6H3. The van der Waals surface area contributed by atoms with Crippen LogP contribution in [0.2, 0.25) is 0 Å². The summed E-state index contributed by atoms with van der Waals surface area (Å²) in [5.74, 6) is 0.992. The van der Waals surface area contributed by atoms with Crippen molar-refractivity contribution in [1.29, 1.82) is 5.26 Å². The highest BCUT2D eigenvalue weighted by Gasteiger charge is 2.39. The van der Waals surface area contributed by atoms with Gasteiger partial charge in [0, 0.05) is 12.1 Å². The van der Waals surface area contributed by atoms with Crippen LogP contribution in [0.1, 0.15) is 67.2 Å². The first kappa shape index (κ1) is 16.5. The summed E-state index contributed by atoms with van der Waals surface area (Å²) in [4.78, 5) is 2.53. The van der Waals surface area contributed by atoms with Gasteiger partial charge < -0.3 is 0 Å². The Bertz CT molecular complexity index is 314. The monoisotopic (exact) mass is 264 g/mol. The molecular weight excluding hydrogens is 232 g/mol. The van der Waals surface area contributed by atoms with Gasteiger partial charge in [-0.25, -0.2) is 0 Å². The van der Waals surface area contributed by atoms with E-state index >= 15 is 0 Å². The first-order chi connectivity index (χ1) is 8.87. The van der Waals surface area contributed by atoms with Crippen molar-refractivity contribution < 1.29 is 0 Å². The van der Waals surface area contributed by atoms with Crippen LogP contribution in [0.3, 0.4) is 0 Å². The van der Waals surface area contributed by atoms with Gasteiger partial charge in [0.1, 0.15) is 0 Å². The molecule has 1 aliphatic carbocycles. The second-order valence-corrected chi connectivity index (χ2v) is 7.08. The van der Waals surface area contributed by atoms with Gasteiger partial charge in [-0.05, 0) is 51.0 Å². The van der Waals surface area contributed by atoms with Gasteiger partial charge in [-0.1, -0.05) is 34.1 Å². The lowest BCUT2D eigenvalue weighted by Gasteiger charge is -2.46. The van der Waals surface area contributed by atoms with Gasteiger partial charge in [-0.2, -0.15) is 5.26 Å². The first-order valence-electron chi connectivity index (χ1n) is 8.02. The molecule has 0 aromatic carbocycles. The topological polar surface area (TPSA) is 27.0 Å². The lowest BCUT2D eigenvalue weighted by Crippen LogP contribution is -2.49. The zero-order valence-corrected chi connectivity index (χ0v) is 13.7. The maximum atomic E-state index is 9.46. The normalized spacial score (nSPS) is 28.7. The van der Waals surface area contributed by atoms with Crippen LogP contribution < -0.4 is 0 Å². The van der Waals surface area contributed by atoms with E-state index in [1.165, 1.54) is 19.3 Å². The van der Waals surface area contributed by atoms with Crippen LogP contribution in [-0.2, 0) is 0 Å². The summed E-state index contributed by atoms with van der Waals surface area (Å²) >= 11 is 0. The van der Waals surface area contributed by atoms with Gasteiger partial charge in [0.15, 0.2) is 0 Å². The van der Waals surface area contributed by atoms with Gasteiger partial charge in [0.2, 0.25) is 0 Å². The molecule has 1 aliphatic rings. The van der Waals surface area contributed by atoms with Crippen LogP contribution >= 0.6 is 0 Å². The van der Waals surface area contributed by atoms with Crippen molar-refractivity contribution in [2.24, 2.45) is 17.3 Å². The van der Waals surface area contributed by atoms with E-state index in [0.717, 1.165) is 18.9 Å². The third kappa shape index (κ3) is 3.72. The Balaban J connectivity index is 2.88. The van der Waals surface area contributed by atoms with Crippen molar-refractivity contribution in [2.75, 3.05) is 6.54 Å². The summed E-state index contributed by atoms with van der Waals surface area (Å²) in [6, 6.07) is 3.57. The summed E-state index contributed by atoms with van der Waals surface area (Å²) in [6.45, 7) is 14.9. The zero-order chi connectivity index (χ0) is 14.6. The van der Waals surface area contributed by atoms with E-state index in [1.807, 2.05) is 0 Å². The second kappa shape index (κ2) is 6.75. The Kier molecular flexibility index (Phi) is 5.86. The van der Waals surface area contributed by atoms with Crippen molar-refractivity contribution in [1.82, 2.24) is 4.90 Å². The van der Waals surface area contributed by atoms with Crippen LogP contribution in [0, 0.1) is 28.6 Å². The summed E-state index contributed by atoms with van der Waals surface area (Å²) in [5.41, 5.74) is 0.412. The number of nitrogens with zero attached hydrogens (tertiary/aromatic N) is 2. The van der Waals surface area contributed by atoms with Gasteiger partial charge in [-0.3, -0.25) is 4.90 Å². The Hall–Kier alpha value is -0.550. The van der Waals surface area contributed by atoms with E-state index in [-0.39, 0.29) is 5.92 Å². The molecule has 1 rings (SSSR count). The van der Waals surface area contributed by atoms with Gasteiger partial charge >= 0.3 is 0 Å². The van der Waals surface area contributed by atoms with Crippen LogP contribution in [0.4, 0.5) is 0 Å². The smallest absolute Gasteiger partial charge is 0.0672 e. The molecule has 110 valence electrons. The first-order valence-corrected chi connectivity index (χ1v) is 8.02. The second-order valence-electron chi connectivity index (χ2n) is 7.08. The fourth-order valence-corrected chi connectivity index (χ4v) is 3.64. The predicted octanol–water partition coefficient (Wildman–Crippen LogP) is 4.46. The summed E-state index contributed by atoms with van der Waals surface area (Å²) in [7, 11) is 0. The third-order valence-electron chi connectivity index (χ3n) is 5.45. The Morgan fingerprint density at radius 2 is 1.89 bits per heavy atom. The fraction of sp³-hybridized carbons (Fsp3) is 0.941. The molecule has 3 atom stereocenters. The molecule has 0 aromatic rings. The molecule has 1 saturated carbocycles. The van der Waals surface area contributed by atoms with Crippen LogP contribution in [-0.4, -0.2) is 23.5 Å². The number of nitriles is 1. The van der Waals surface area contributed by atoms with Crippen molar-refractivity contribution >= 4 is 0 Å².